The van der Waals surface area contributed by atoms with Crippen molar-refractivity contribution in [1.82, 2.24) is 4.72 Å². The van der Waals surface area contributed by atoms with E-state index < -0.39 is 10.0 Å². The Morgan fingerprint density at radius 1 is 1.33 bits per heavy atom. The highest BCUT2D eigenvalue weighted by Gasteiger charge is 2.29. The first-order valence-electron chi connectivity index (χ1n) is 6.96. The summed E-state index contributed by atoms with van der Waals surface area (Å²) in [5, 5.41) is 2.59. The molecule has 1 fully saturated rings. The fourth-order valence-corrected chi connectivity index (χ4v) is 4.16. The summed E-state index contributed by atoms with van der Waals surface area (Å²) >= 11 is 0. The average molecular weight is 311 g/mol. The number of nitrogens with one attached hydrogen (secondary N) is 2. The van der Waals surface area contributed by atoms with Crippen LogP contribution in [0.4, 0.5) is 5.69 Å². The minimum Gasteiger partial charge on any atom is -0.326 e. The van der Waals surface area contributed by atoms with Gasteiger partial charge in [-0.1, -0.05) is 12.5 Å². The van der Waals surface area contributed by atoms with Gasteiger partial charge in [-0.3, -0.25) is 4.79 Å². The number of carbonyl (C=O) groups excluding carboxylic acids is 1. The number of hydrogen-bond donors (Lipinski definition) is 3. The van der Waals surface area contributed by atoms with Crippen molar-refractivity contribution in [1.29, 1.82) is 0 Å². The molecule has 2 rings (SSSR count). The van der Waals surface area contributed by atoms with E-state index in [4.69, 9.17) is 5.73 Å². The molecule has 6 nitrogen and oxygen atoms in total. The number of nitrogens with two attached hydrogens (primary N) is 1. The summed E-state index contributed by atoms with van der Waals surface area (Å²) in [4.78, 5) is 11.3. The second-order valence-electron chi connectivity index (χ2n) is 5.48. The number of amides is 1. The molecule has 1 amide bonds. The molecule has 1 aliphatic carbocycles. The van der Waals surface area contributed by atoms with E-state index in [1.54, 1.807) is 19.1 Å². The number of carbonyl (C=O) groups is 1. The number of sulfonamides is 1. The number of aryl methyl sites for hydroxylation is 1. The van der Waals surface area contributed by atoms with E-state index in [0.717, 1.165) is 19.3 Å². The second-order valence-corrected chi connectivity index (χ2v) is 7.17. The van der Waals surface area contributed by atoms with Crippen molar-refractivity contribution in [2.24, 2.45) is 5.73 Å². The van der Waals surface area contributed by atoms with Crippen LogP contribution in [0.25, 0.3) is 0 Å². The lowest BCUT2D eigenvalue weighted by Crippen LogP contribution is -2.44. The molecule has 21 heavy (non-hydrogen) atoms. The third-order valence-corrected chi connectivity index (χ3v) is 5.31. The first-order chi connectivity index (χ1) is 9.79. The summed E-state index contributed by atoms with van der Waals surface area (Å²) in [5.41, 5.74) is 7.00. The second kappa shape index (κ2) is 6.13. The van der Waals surface area contributed by atoms with E-state index in [9.17, 15) is 13.2 Å². The van der Waals surface area contributed by atoms with E-state index in [0.29, 0.717) is 11.3 Å². The summed E-state index contributed by atoms with van der Waals surface area (Å²) in [5.74, 6) is -0.243. The van der Waals surface area contributed by atoms with Gasteiger partial charge in [-0.05, 0) is 37.5 Å². The first kappa shape index (κ1) is 15.9. The van der Waals surface area contributed by atoms with Gasteiger partial charge in [0, 0.05) is 24.7 Å². The Kier molecular flexibility index (Phi) is 4.65. The lowest BCUT2D eigenvalue weighted by atomic mass is 10.2. The van der Waals surface area contributed by atoms with Crippen molar-refractivity contribution in [3.63, 3.8) is 0 Å². The van der Waals surface area contributed by atoms with Gasteiger partial charge in [0.2, 0.25) is 15.9 Å². The number of benzene rings is 1. The quantitative estimate of drug-likeness (QED) is 0.775. The van der Waals surface area contributed by atoms with Gasteiger partial charge in [0.1, 0.15) is 0 Å². The molecule has 0 spiro atoms. The van der Waals surface area contributed by atoms with Crippen molar-refractivity contribution >= 4 is 21.6 Å². The van der Waals surface area contributed by atoms with Gasteiger partial charge in [0.15, 0.2) is 0 Å². The van der Waals surface area contributed by atoms with Gasteiger partial charge in [-0.15, -0.1) is 0 Å². The fraction of sp³-hybridized carbons (Fsp3) is 0.500. The number of anilines is 1. The van der Waals surface area contributed by atoms with Crippen LogP contribution >= 0.6 is 0 Å². The van der Waals surface area contributed by atoms with Gasteiger partial charge in [-0.2, -0.15) is 0 Å². The Balaban J connectivity index is 2.28. The summed E-state index contributed by atoms with van der Waals surface area (Å²) < 4.78 is 27.7. The standard InChI is InChI=1S/C14H21N3O3S/c1-9-6-7-11(16-10(2)18)8-14(9)21(19,20)17-13-5-3-4-12(13)15/h6-8,12-13,17H,3-5,15H2,1-2H3,(H,16,18). The zero-order chi connectivity index (χ0) is 15.6. The molecule has 116 valence electrons. The Morgan fingerprint density at radius 3 is 2.62 bits per heavy atom. The molecule has 0 aromatic heterocycles. The number of rotatable bonds is 4. The van der Waals surface area contributed by atoms with Crippen LogP contribution in [0, 0.1) is 6.92 Å². The van der Waals surface area contributed by atoms with E-state index in [1.807, 2.05) is 0 Å². The summed E-state index contributed by atoms with van der Waals surface area (Å²) in [6.45, 7) is 3.10. The SMILES string of the molecule is CC(=O)Nc1ccc(C)c(S(=O)(=O)NC2CCCC2N)c1. The summed E-state index contributed by atoms with van der Waals surface area (Å²) in [6, 6.07) is 4.46. The summed E-state index contributed by atoms with van der Waals surface area (Å²) in [6.07, 6.45) is 2.52. The van der Waals surface area contributed by atoms with Crippen LogP contribution < -0.4 is 15.8 Å². The Labute approximate surface area is 125 Å². The lowest BCUT2D eigenvalue weighted by Gasteiger charge is -2.18. The van der Waals surface area contributed by atoms with Crippen molar-refractivity contribution in [3.8, 4) is 0 Å². The monoisotopic (exact) mass is 311 g/mol. The summed E-state index contributed by atoms with van der Waals surface area (Å²) in [7, 11) is -3.65. The third-order valence-electron chi connectivity index (χ3n) is 3.67. The van der Waals surface area contributed by atoms with Crippen LogP contribution in [0.2, 0.25) is 0 Å². The van der Waals surface area contributed by atoms with E-state index in [1.165, 1.54) is 13.0 Å². The molecule has 4 N–H and O–H groups in total. The molecule has 7 heteroatoms. The van der Waals surface area contributed by atoms with E-state index in [-0.39, 0.29) is 22.9 Å². The van der Waals surface area contributed by atoms with Gasteiger partial charge < -0.3 is 11.1 Å². The highest BCUT2D eigenvalue weighted by atomic mass is 32.2. The zero-order valence-electron chi connectivity index (χ0n) is 12.2. The van der Waals surface area contributed by atoms with Gasteiger partial charge in [-0.25, -0.2) is 13.1 Å². The molecule has 1 aromatic rings. The molecule has 0 aliphatic heterocycles. The van der Waals surface area contributed by atoms with Crippen LogP contribution in [0.15, 0.2) is 23.1 Å². The predicted molar refractivity (Wildman–Crippen MR) is 81.4 cm³/mol. The van der Waals surface area contributed by atoms with Crippen LogP contribution in [-0.2, 0) is 14.8 Å². The molecule has 1 saturated carbocycles. The lowest BCUT2D eigenvalue weighted by molar-refractivity contribution is -0.114. The van der Waals surface area contributed by atoms with Crippen molar-refractivity contribution in [2.75, 3.05) is 5.32 Å². The van der Waals surface area contributed by atoms with Crippen LogP contribution in [-0.4, -0.2) is 26.4 Å². The van der Waals surface area contributed by atoms with Crippen LogP contribution in [0.1, 0.15) is 31.7 Å². The minimum absolute atomic E-state index is 0.140. The van der Waals surface area contributed by atoms with E-state index >= 15 is 0 Å². The van der Waals surface area contributed by atoms with Gasteiger partial charge in [0.25, 0.3) is 0 Å². The van der Waals surface area contributed by atoms with Crippen LogP contribution in [0.3, 0.4) is 0 Å². The molecule has 0 radical (unpaired) electrons. The molecule has 0 bridgehead atoms. The minimum atomic E-state index is -3.65. The Morgan fingerprint density at radius 2 is 2.05 bits per heavy atom. The first-order valence-corrected chi connectivity index (χ1v) is 8.44. The largest absolute Gasteiger partial charge is 0.326 e. The normalized spacial score (nSPS) is 22.2. The maximum atomic E-state index is 12.5. The fourth-order valence-electron chi connectivity index (χ4n) is 2.57. The Hall–Kier alpha value is -1.44. The molecular formula is C14H21N3O3S. The smallest absolute Gasteiger partial charge is 0.241 e. The predicted octanol–water partition coefficient (Wildman–Crippen LogP) is 1.11. The maximum absolute atomic E-state index is 12.5. The van der Waals surface area contributed by atoms with E-state index in [2.05, 4.69) is 10.0 Å². The molecule has 0 heterocycles. The van der Waals surface area contributed by atoms with Gasteiger partial charge in [0.05, 0.1) is 4.90 Å². The van der Waals surface area contributed by atoms with Crippen molar-refractivity contribution < 1.29 is 13.2 Å². The highest BCUT2D eigenvalue weighted by Crippen LogP contribution is 2.23. The molecule has 1 aliphatic rings. The third kappa shape index (κ3) is 3.81. The molecule has 2 atom stereocenters. The maximum Gasteiger partial charge on any atom is 0.241 e. The average Bonchev–Trinajstić information content (AvgIpc) is 2.76. The van der Waals surface area contributed by atoms with Crippen LogP contribution in [0.5, 0.6) is 0 Å². The molecular weight excluding hydrogens is 290 g/mol. The molecule has 2 unspecified atom stereocenters. The number of hydrogen-bond acceptors (Lipinski definition) is 4. The van der Waals surface area contributed by atoms with Gasteiger partial charge >= 0.3 is 0 Å². The Bertz CT molecular complexity index is 643. The zero-order valence-corrected chi connectivity index (χ0v) is 13.0. The topological polar surface area (TPSA) is 101 Å². The van der Waals surface area contributed by atoms with Crippen molar-refractivity contribution in [2.45, 2.75) is 50.1 Å². The molecule has 1 aromatic carbocycles. The van der Waals surface area contributed by atoms with Crippen molar-refractivity contribution in [3.05, 3.63) is 23.8 Å². The highest BCUT2D eigenvalue weighted by molar-refractivity contribution is 7.89. The molecule has 0 saturated heterocycles.